The molecule has 0 amide bonds. The van der Waals surface area contributed by atoms with E-state index in [2.05, 4.69) is 26.5 Å². The second-order valence-electron chi connectivity index (χ2n) is 8.88. The Morgan fingerprint density at radius 1 is 1.10 bits per heavy atom. The normalized spacial score (nSPS) is 11.5. The first-order valence-corrected chi connectivity index (χ1v) is 12.0. The van der Waals surface area contributed by atoms with Gasteiger partial charge in [-0.1, -0.05) is 17.7 Å². The number of alkyl halides is 3. The lowest BCUT2D eigenvalue weighted by atomic mass is 10.1. The topological polar surface area (TPSA) is 123 Å². The van der Waals surface area contributed by atoms with Gasteiger partial charge in [0.1, 0.15) is 6.54 Å². The summed E-state index contributed by atoms with van der Waals surface area (Å²) in [6, 6.07) is 13.0. The van der Waals surface area contributed by atoms with Gasteiger partial charge in [-0.2, -0.15) is 28.5 Å². The Kier molecular flexibility index (Phi) is 6.87. The Bertz CT molecular complexity index is 1920. The monoisotopic (exact) mass is 566 g/mol. The number of nitrogens with zero attached hydrogens (tertiary/aromatic N) is 7. The van der Waals surface area contributed by atoms with Crippen LogP contribution < -0.4 is 16.7 Å². The maximum Gasteiger partial charge on any atom is 0.408 e. The predicted molar refractivity (Wildman–Crippen MR) is 141 cm³/mol. The number of nitrogens with one attached hydrogen (secondary N) is 1. The van der Waals surface area contributed by atoms with Crippen LogP contribution >= 0.6 is 11.6 Å². The molecule has 0 saturated heterocycles. The number of halogens is 4. The van der Waals surface area contributed by atoms with E-state index in [1.807, 2.05) is 6.92 Å². The van der Waals surface area contributed by atoms with E-state index in [0.717, 1.165) is 14.8 Å². The number of aromatic nitrogens is 6. The fraction of sp³-hybridized carbons (Fsp3) is 0.154. The van der Waals surface area contributed by atoms with Gasteiger partial charge in [0.05, 0.1) is 40.6 Å². The van der Waals surface area contributed by atoms with Gasteiger partial charge in [-0.3, -0.25) is 14.2 Å². The largest absolute Gasteiger partial charge is 0.408 e. The lowest BCUT2D eigenvalue weighted by molar-refractivity contribution is -0.142. The third-order valence-electron chi connectivity index (χ3n) is 5.98. The molecule has 3 heterocycles. The van der Waals surface area contributed by atoms with Crippen molar-refractivity contribution in [3.63, 3.8) is 0 Å². The zero-order chi connectivity index (χ0) is 28.6. The van der Waals surface area contributed by atoms with Gasteiger partial charge in [0, 0.05) is 23.5 Å². The molecular formula is C26H18ClF3N8O2. The van der Waals surface area contributed by atoms with Crippen molar-refractivity contribution in [1.82, 2.24) is 28.9 Å². The summed E-state index contributed by atoms with van der Waals surface area (Å²) in [5.41, 5.74) is 0.918. The minimum absolute atomic E-state index is 0.0600. The van der Waals surface area contributed by atoms with Gasteiger partial charge >= 0.3 is 17.6 Å². The number of pyridine rings is 1. The van der Waals surface area contributed by atoms with Crippen LogP contribution in [0.3, 0.4) is 0 Å². The van der Waals surface area contributed by atoms with E-state index in [9.17, 15) is 28.0 Å². The second-order valence-corrected chi connectivity index (χ2v) is 9.31. The number of hydrogen-bond donors (Lipinski definition) is 1. The third-order valence-corrected chi connectivity index (χ3v) is 6.18. The molecule has 3 aromatic heterocycles. The maximum absolute atomic E-state index is 13.7. The molecule has 40 heavy (non-hydrogen) atoms. The van der Waals surface area contributed by atoms with Gasteiger partial charge in [-0.05, 0) is 54.4 Å². The summed E-state index contributed by atoms with van der Waals surface area (Å²) in [5.74, 6) is -0.120. The van der Waals surface area contributed by atoms with Gasteiger partial charge in [0.15, 0.2) is 0 Å². The molecule has 5 aromatic rings. The van der Waals surface area contributed by atoms with Crippen molar-refractivity contribution >= 4 is 34.1 Å². The number of anilines is 2. The summed E-state index contributed by atoms with van der Waals surface area (Å²) >= 11 is 6.03. The van der Waals surface area contributed by atoms with Crippen molar-refractivity contribution in [3.05, 3.63) is 104 Å². The SMILES string of the molecule is Cc1ccc(C#N)cc1Cn1c(Nc2ccc3nn(CC(F)(F)F)cc3c2)nc(=O)n(-c2cncc(Cl)c2)c1=O. The summed E-state index contributed by atoms with van der Waals surface area (Å²) in [7, 11) is 0. The fourth-order valence-corrected chi connectivity index (χ4v) is 4.27. The van der Waals surface area contributed by atoms with Gasteiger partial charge in [-0.25, -0.2) is 14.2 Å². The standard InChI is InChI=1S/C26H18ClF3N8O2/c1-15-2-3-16(9-31)6-17(15)13-37-23(34-24(39)38(25(37)40)21-8-19(27)10-32-11-21)33-20-4-5-22-18(7-20)12-36(35-22)14-26(28,29)30/h2-8,10-12H,13-14H2,1H3,(H,33,34,39). The van der Waals surface area contributed by atoms with Crippen molar-refractivity contribution in [1.29, 1.82) is 5.26 Å². The number of aryl methyl sites for hydroxylation is 1. The average Bonchev–Trinajstić information content (AvgIpc) is 3.27. The molecule has 10 nitrogen and oxygen atoms in total. The lowest BCUT2D eigenvalue weighted by Gasteiger charge is -2.17. The smallest absolute Gasteiger partial charge is 0.325 e. The van der Waals surface area contributed by atoms with E-state index >= 15 is 0 Å². The van der Waals surface area contributed by atoms with Gasteiger partial charge in [0.25, 0.3) is 0 Å². The van der Waals surface area contributed by atoms with Crippen LogP contribution in [0, 0.1) is 18.3 Å². The lowest BCUT2D eigenvalue weighted by Crippen LogP contribution is -2.41. The molecule has 2 aromatic carbocycles. The van der Waals surface area contributed by atoms with E-state index in [1.165, 1.54) is 47.4 Å². The Morgan fingerprint density at radius 3 is 2.62 bits per heavy atom. The first kappa shape index (κ1) is 26.6. The van der Waals surface area contributed by atoms with E-state index in [0.29, 0.717) is 27.7 Å². The summed E-state index contributed by atoms with van der Waals surface area (Å²) in [6.45, 7) is 0.504. The van der Waals surface area contributed by atoms with Crippen LogP contribution in [0.1, 0.15) is 16.7 Å². The zero-order valence-electron chi connectivity index (χ0n) is 20.6. The molecule has 0 aliphatic carbocycles. The molecule has 0 unspecified atom stereocenters. The Balaban J connectivity index is 1.62. The molecule has 5 rings (SSSR count). The third kappa shape index (κ3) is 5.57. The van der Waals surface area contributed by atoms with E-state index < -0.39 is 24.1 Å². The van der Waals surface area contributed by atoms with Crippen LogP contribution in [-0.4, -0.2) is 35.1 Å². The van der Waals surface area contributed by atoms with E-state index in [-0.39, 0.29) is 23.2 Å². The summed E-state index contributed by atoms with van der Waals surface area (Å²) in [5, 5.41) is 16.8. The second kappa shape index (κ2) is 10.3. The van der Waals surface area contributed by atoms with Gasteiger partial charge in [0.2, 0.25) is 5.95 Å². The highest BCUT2D eigenvalue weighted by Gasteiger charge is 2.28. The van der Waals surface area contributed by atoms with Crippen LogP contribution in [0.2, 0.25) is 5.02 Å². The first-order valence-electron chi connectivity index (χ1n) is 11.7. The highest BCUT2D eigenvalue weighted by atomic mass is 35.5. The van der Waals surface area contributed by atoms with Crippen LogP contribution in [0.15, 0.2) is 70.6 Å². The number of rotatable bonds is 6. The Morgan fingerprint density at radius 2 is 1.90 bits per heavy atom. The molecular weight excluding hydrogens is 549 g/mol. The molecule has 14 heteroatoms. The molecule has 0 radical (unpaired) electrons. The van der Waals surface area contributed by atoms with Gasteiger partial charge < -0.3 is 5.32 Å². The number of fused-ring (bicyclic) bond motifs is 1. The molecule has 0 aliphatic rings. The highest BCUT2D eigenvalue weighted by molar-refractivity contribution is 6.30. The Labute approximate surface area is 228 Å². The molecule has 0 aliphatic heterocycles. The van der Waals surface area contributed by atoms with Crippen LogP contribution in [0.25, 0.3) is 16.6 Å². The van der Waals surface area contributed by atoms with Crippen molar-refractivity contribution in [2.24, 2.45) is 0 Å². The number of nitriles is 1. The minimum Gasteiger partial charge on any atom is -0.325 e. The fourth-order valence-electron chi connectivity index (χ4n) is 4.11. The number of hydrogen-bond acceptors (Lipinski definition) is 7. The van der Waals surface area contributed by atoms with Crippen LogP contribution in [-0.2, 0) is 13.1 Å². The quantitative estimate of drug-likeness (QED) is 0.324. The Hall–Kier alpha value is -4.96. The van der Waals surface area contributed by atoms with Gasteiger partial charge in [-0.15, -0.1) is 0 Å². The zero-order valence-corrected chi connectivity index (χ0v) is 21.4. The summed E-state index contributed by atoms with van der Waals surface area (Å²) in [6.07, 6.45) is -0.550. The predicted octanol–water partition coefficient (Wildman–Crippen LogP) is 4.33. The first-order chi connectivity index (χ1) is 19.0. The number of benzene rings is 2. The van der Waals surface area contributed by atoms with E-state index in [4.69, 9.17) is 11.6 Å². The molecule has 0 atom stereocenters. The minimum atomic E-state index is -4.44. The average molecular weight is 567 g/mol. The molecule has 1 N–H and O–H groups in total. The van der Waals surface area contributed by atoms with Crippen LogP contribution in [0.4, 0.5) is 24.8 Å². The van der Waals surface area contributed by atoms with Crippen molar-refractivity contribution in [3.8, 4) is 11.8 Å². The molecule has 0 saturated carbocycles. The van der Waals surface area contributed by atoms with Crippen molar-refractivity contribution in [2.75, 3.05) is 5.32 Å². The molecule has 0 spiro atoms. The summed E-state index contributed by atoms with van der Waals surface area (Å²) < 4.78 is 41.3. The molecule has 202 valence electrons. The van der Waals surface area contributed by atoms with Crippen LogP contribution in [0.5, 0.6) is 0 Å². The summed E-state index contributed by atoms with van der Waals surface area (Å²) in [4.78, 5) is 34.8. The maximum atomic E-state index is 13.7. The van der Waals surface area contributed by atoms with Crippen molar-refractivity contribution < 1.29 is 13.2 Å². The highest BCUT2D eigenvalue weighted by Crippen LogP contribution is 2.24. The van der Waals surface area contributed by atoms with Crippen molar-refractivity contribution in [2.45, 2.75) is 26.2 Å². The molecule has 0 bridgehead atoms. The van der Waals surface area contributed by atoms with E-state index in [1.54, 1.807) is 18.2 Å². The molecule has 0 fully saturated rings.